The molecule has 0 unspecified atom stereocenters. The van der Waals surface area contributed by atoms with Gasteiger partial charge in [-0.1, -0.05) is 0 Å². The standard InChI is InChI=1S/C13H21NO3/c1-13(2,3)17-12(15)7-9-14-8-6-11-5-4-10-16-11/h4-5,10,14H,6-9H2,1-3H3. The first-order valence-electron chi connectivity index (χ1n) is 5.92. The van der Waals surface area contributed by atoms with Crippen molar-refractivity contribution < 1.29 is 13.9 Å². The lowest BCUT2D eigenvalue weighted by atomic mass is 10.2. The molecule has 0 saturated heterocycles. The summed E-state index contributed by atoms with van der Waals surface area (Å²) in [5.74, 6) is 0.790. The number of ether oxygens (including phenoxy) is 1. The van der Waals surface area contributed by atoms with Crippen molar-refractivity contribution in [1.82, 2.24) is 5.32 Å². The molecule has 4 nitrogen and oxygen atoms in total. The van der Waals surface area contributed by atoms with Gasteiger partial charge in [-0.05, 0) is 32.9 Å². The first-order chi connectivity index (χ1) is 7.97. The maximum atomic E-state index is 11.4. The summed E-state index contributed by atoms with van der Waals surface area (Å²) in [7, 11) is 0. The lowest BCUT2D eigenvalue weighted by Crippen LogP contribution is -2.27. The molecule has 1 aromatic heterocycles. The van der Waals surface area contributed by atoms with Gasteiger partial charge in [0.2, 0.25) is 0 Å². The normalized spacial score (nSPS) is 11.5. The maximum absolute atomic E-state index is 11.4. The first kappa shape index (κ1) is 13.8. The Bertz CT molecular complexity index is 325. The summed E-state index contributed by atoms with van der Waals surface area (Å²) in [5, 5.41) is 3.18. The van der Waals surface area contributed by atoms with Crippen LogP contribution in [0, 0.1) is 0 Å². The van der Waals surface area contributed by atoms with Crippen LogP contribution in [0.1, 0.15) is 33.0 Å². The highest BCUT2D eigenvalue weighted by Gasteiger charge is 2.15. The Kier molecular flexibility index (Phi) is 5.22. The van der Waals surface area contributed by atoms with E-state index in [0.29, 0.717) is 13.0 Å². The van der Waals surface area contributed by atoms with Gasteiger partial charge in [-0.25, -0.2) is 0 Å². The summed E-state index contributed by atoms with van der Waals surface area (Å²) < 4.78 is 10.4. The van der Waals surface area contributed by atoms with Crippen LogP contribution in [0.4, 0.5) is 0 Å². The van der Waals surface area contributed by atoms with E-state index >= 15 is 0 Å². The van der Waals surface area contributed by atoms with Crippen molar-refractivity contribution in [2.24, 2.45) is 0 Å². The molecule has 1 rings (SSSR count). The minimum absolute atomic E-state index is 0.164. The fourth-order valence-corrected chi connectivity index (χ4v) is 1.37. The predicted molar refractivity (Wildman–Crippen MR) is 65.7 cm³/mol. The molecule has 17 heavy (non-hydrogen) atoms. The second-order valence-corrected chi connectivity index (χ2v) is 4.92. The minimum Gasteiger partial charge on any atom is -0.469 e. The third-order valence-electron chi connectivity index (χ3n) is 2.05. The number of carbonyl (C=O) groups is 1. The predicted octanol–water partition coefficient (Wildman–Crippen LogP) is 2.14. The number of nitrogens with one attached hydrogen (secondary N) is 1. The van der Waals surface area contributed by atoms with E-state index in [4.69, 9.17) is 9.15 Å². The van der Waals surface area contributed by atoms with Gasteiger partial charge in [0, 0.05) is 19.5 Å². The van der Waals surface area contributed by atoms with Gasteiger partial charge in [0.1, 0.15) is 11.4 Å². The zero-order valence-electron chi connectivity index (χ0n) is 10.8. The van der Waals surface area contributed by atoms with Crippen LogP contribution in [-0.2, 0) is 16.0 Å². The lowest BCUT2D eigenvalue weighted by Gasteiger charge is -2.19. The number of hydrogen-bond donors (Lipinski definition) is 1. The molecule has 0 aliphatic carbocycles. The molecule has 96 valence electrons. The summed E-state index contributed by atoms with van der Waals surface area (Å²) in [4.78, 5) is 11.4. The zero-order chi connectivity index (χ0) is 12.7. The number of rotatable bonds is 6. The quantitative estimate of drug-likeness (QED) is 0.610. The molecule has 1 aromatic rings. The second-order valence-electron chi connectivity index (χ2n) is 4.92. The van der Waals surface area contributed by atoms with E-state index in [0.717, 1.165) is 18.7 Å². The Morgan fingerprint density at radius 3 is 2.76 bits per heavy atom. The highest BCUT2D eigenvalue weighted by atomic mass is 16.6. The minimum atomic E-state index is -0.398. The van der Waals surface area contributed by atoms with E-state index in [1.54, 1.807) is 6.26 Å². The molecule has 1 heterocycles. The van der Waals surface area contributed by atoms with Crippen LogP contribution >= 0.6 is 0 Å². The number of furan rings is 1. The van der Waals surface area contributed by atoms with Crippen molar-refractivity contribution in [1.29, 1.82) is 0 Å². The van der Waals surface area contributed by atoms with Crippen molar-refractivity contribution in [2.45, 2.75) is 39.2 Å². The van der Waals surface area contributed by atoms with Crippen molar-refractivity contribution in [3.63, 3.8) is 0 Å². The Labute approximate surface area is 102 Å². The van der Waals surface area contributed by atoms with Gasteiger partial charge in [-0.2, -0.15) is 0 Å². The fourth-order valence-electron chi connectivity index (χ4n) is 1.37. The summed E-state index contributed by atoms with van der Waals surface area (Å²) in [6, 6.07) is 3.81. The van der Waals surface area contributed by atoms with Gasteiger partial charge in [0.25, 0.3) is 0 Å². The van der Waals surface area contributed by atoms with E-state index in [2.05, 4.69) is 5.32 Å². The third kappa shape index (κ3) is 6.79. The van der Waals surface area contributed by atoms with Crippen LogP contribution in [0.25, 0.3) is 0 Å². The summed E-state index contributed by atoms with van der Waals surface area (Å²) >= 11 is 0. The van der Waals surface area contributed by atoms with Gasteiger partial charge in [0.15, 0.2) is 0 Å². The molecule has 0 aliphatic rings. The van der Waals surface area contributed by atoms with E-state index in [-0.39, 0.29) is 5.97 Å². The Morgan fingerprint density at radius 1 is 1.41 bits per heavy atom. The monoisotopic (exact) mass is 239 g/mol. The summed E-state index contributed by atoms with van der Waals surface area (Å²) in [6.45, 7) is 7.05. The molecule has 0 aliphatic heterocycles. The molecule has 0 amide bonds. The third-order valence-corrected chi connectivity index (χ3v) is 2.05. The molecule has 4 heteroatoms. The molecule has 0 aromatic carbocycles. The Balaban J connectivity index is 2.02. The number of hydrogen-bond acceptors (Lipinski definition) is 4. The molecule has 1 N–H and O–H groups in total. The van der Waals surface area contributed by atoms with Crippen molar-refractivity contribution in [3.8, 4) is 0 Å². The second kappa shape index (κ2) is 6.45. The molecule has 0 saturated carbocycles. The summed E-state index contributed by atoms with van der Waals surface area (Å²) in [5.41, 5.74) is -0.398. The molecule has 0 spiro atoms. The number of carbonyl (C=O) groups excluding carboxylic acids is 1. The van der Waals surface area contributed by atoms with Crippen molar-refractivity contribution in [2.75, 3.05) is 13.1 Å². The van der Waals surface area contributed by atoms with Crippen LogP contribution in [0.15, 0.2) is 22.8 Å². The number of esters is 1. The van der Waals surface area contributed by atoms with Crippen LogP contribution in [0.2, 0.25) is 0 Å². The van der Waals surface area contributed by atoms with E-state index in [9.17, 15) is 4.79 Å². The molecule has 0 radical (unpaired) electrons. The smallest absolute Gasteiger partial charge is 0.307 e. The first-order valence-corrected chi connectivity index (χ1v) is 5.92. The van der Waals surface area contributed by atoms with Crippen LogP contribution in [0.3, 0.4) is 0 Å². The van der Waals surface area contributed by atoms with Crippen LogP contribution in [-0.4, -0.2) is 24.7 Å². The Morgan fingerprint density at radius 2 is 2.18 bits per heavy atom. The van der Waals surface area contributed by atoms with Crippen molar-refractivity contribution >= 4 is 5.97 Å². The molecular formula is C13H21NO3. The van der Waals surface area contributed by atoms with Crippen molar-refractivity contribution in [3.05, 3.63) is 24.2 Å². The fraction of sp³-hybridized carbons (Fsp3) is 0.615. The Hall–Kier alpha value is -1.29. The molecular weight excluding hydrogens is 218 g/mol. The highest BCUT2D eigenvalue weighted by molar-refractivity contribution is 5.70. The summed E-state index contributed by atoms with van der Waals surface area (Å²) in [6.07, 6.45) is 2.90. The SMILES string of the molecule is CC(C)(C)OC(=O)CCNCCc1ccco1. The maximum Gasteiger partial charge on any atom is 0.307 e. The molecule has 0 bridgehead atoms. The zero-order valence-corrected chi connectivity index (χ0v) is 10.8. The van der Waals surface area contributed by atoms with Gasteiger partial charge in [-0.15, -0.1) is 0 Å². The molecule has 0 fully saturated rings. The van der Waals surface area contributed by atoms with Gasteiger partial charge in [-0.3, -0.25) is 4.79 Å². The largest absolute Gasteiger partial charge is 0.469 e. The van der Waals surface area contributed by atoms with E-state index in [1.807, 2.05) is 32.9 Å². The van der Waals surface area contributed by atoms with Crippen LogP contribution < -0.4 is 5.32 Å². The van der Waals surface area contributed by atoms with E-state index in [1.165, 1.54) is 0 Å². The van der Waals surface area contributed by atoms with Crippen LogP contribution in [0.5, 0.6) is 0 Å². The topological polar surface area (TPSA) is 51.5 Å². The van der Waals surface area contributed by atoms with Gasteiger partial charge >= 0.3 is 5.97 Å². The van der Waals surface area contributed by atoms with E-state index < -0.39 is 5.60 Å². The average molecular weight is 239 g/mol. The molecule has 0 atom stereocenters. The lowest BCUT2D eigenvalue weighted by molar-refractivity contribution is -0.154. The van der Waals surface area contributed by atoms with Gasteiger partial charge < -0.3 is 14.5 Å². The highest BCUT2D eigenvalue weighted by Crippen LogP contribution is 2.07. The average Bonchev–Trinajstić information content (AvgIpc) is 2.67. The van der Waals surface area contributed by atoms with Gasteiger partial charge in [0.05, 0.1) is 12.7 Å².